The normalized spacial score (nSPS) is 21.1. The Morgan fingerprint density at radius 1 is 1.06 bits per heavy atom. The van der Waals surface area contributed by atoms with Crippen molar-refractivity contribution in [3.05, 3.63) is 65.2 Å². The van der Waals surface area contributed by atoms with Gasteiger partial charge in [-0.2, -0.15) is 0 Å². The summed E-state index contributed by atoms with van der Waals surface area (Å²) in [6.07, 6.45) is 2.57. The van der Waals surface area contributed by atoms with E-state index in [0.717, 1.165) is 45.0 Å². The number of likely N-dealkylation sites (tertiary alicyclic amines) is 2. The van der Waals surface area contributed by atoms with E-state index in [4.69, 9.17) is 4.74 Å². The number of hydrogen-bond donors (Lipinski definition) is 0. The molecule has 2 aliphatic rings. The molecule has 5 heteroatoms. The summed E-state index contributed by atoms with van der Waals surface area (Å²) < 4.78 is 5.55. The lowest BCUT2D eigenvalue weighted by atomic mass is 9.88. The average Bonchev–Trinajstić information content (AvgIpc) is 3.51. The summed E-state index contributed by atoms with van der Waals surface area (Å²) in [4.78, 5) is 20.5. The molecule has 35 heavy (non-hydrogen) atoms. The molecule has 0 N–H and O–H groups in total. The molecule has 190 valence electrons. The molecule has 4 rings (SSSR count). The Bertz CT molecular complexity index is 970. The van der Waals surface area contributed by atoms with E-state index in [0.29, 0.717) is 11.8 Å². The minimum absolute atomic E-state index is 0.0219. The fraction of sp³-hybridized carbons (Fsp3) is 0.567. The Balaban J connectivity index is 1.53. The van der Waals surface area contributed by atoms with Crippen LogP contribution >= 0.6 is 0 Å². The second-order valence-corrected chi connectivity index (χ2v) is 10.8. The molecule has 1 amide bonds. The van der Waals surface area contributed by atoms with Crippen molar-refractivity contribution in [2.24, 2.45) is 11.8 Å². The predicted octanol–water partition coefficient (Wildman–Crippen LogP) is 4.80. The Morgan fingerprint density at radius 3 is 2.54 bits per heavy atom. The molecule has 0 aliphatic carbocycles. The number of benzene rings is 2. The quantitative estimate of drug-likeness (QED) is 0.493. The lowest BCUT2D eigenvalue weighted by molar-refractivity contribution is -0.135. The summed E-state index contributed by atoms with van der Waals surface area (Å²) in [5.41, 5.74) is 3.98. The van der Waals surface area contributed by atoms with E-state index in [1.807, 2.05) is 19.9 Å². The van der Waals surface area contributed by atoms with Gasteiger partial charge >= 0.3 is 0 Å². The van der Waals surface area contributed by atoms with Crippen LogP contribution < -0.4 is 4.74 Å². The average molecular weight is 478 g/mol. The van der Waals surface area contributed by atoms with Gasteiger partial charge in [-0.1, -0.05) is 55.8 Å². The molecule has 0 saturated carbocycles. The van der Waals surface area contributed by atoms with E-state index >= 15 is 0 Å². The van der Waals surface area contributed by atoms with Gasteiger partial charge in [-0.25, -0.2) is 0 Å². The predicted molar refractivity (Wildman–Crippen MR) is 143 cm³/mol. The summed E-state index contributed by atoms with van der Waals surface area (Å²) in [5, 5.41) is 0. The van der Waals surface area contributed by atoms with Gasteiger partial charge in [-0.3, -0.25) is 9.69 Å². The lowest BCUT2D eigenvalue weighted by Gasteiger charge is -2.31. The number of amides is 1. The number of ether oxygens (including phenoxy) is 1. The molecule has 0 bridgehead atoms. The molecule has 2 aromatic rings. The van der Waals surface area contributed by atoms with Crippen LogP contribution in [0.15, 0.2) is 48.5 Å². The highest BCUT2D eigenvalue weighted by Gasteiger charge is 2.36. The van der Waals surface area contributed by atoms with E-state index < -0.39 is 0 Å². The molecule has 2 aromatic carbocycles. The van der Waals surface area contributed by atoms with Gasteiger partial charge in [-0.15, -0.1) is 0 Å². The standard InChI is InChI=1S/C30H43N3O2/c1-23(2)30(34)33(16-15-31-13-5-6-14-31)21-27-20-32(19-25-10-7-9-24(3)17-25)22-29(27)26-11-8-12-28(18-26)35-4/h7-12,17-18,23,27,29H,5-6,13-16,19-22H2,1-4H3/t27-,29+/m1/s1. The van der Waals surface area contributed by atoms with E-state index in [9.17, 15) is 4.79 Å². The summed E-state index contributed by atoms with van der Waals surface area (Å²) in [6, 6.07) is 17.4. The molecule has 2 heterocycles. The minimum Gasteiger partial charge on any atom is -0.497 e. The van der Waals surface area contributed by atoms with Crippen LogP contribution in [0.3, 0.4) is 0 Å². The van der Waals surface area contributed by atoms with Crippen LogP contribution in [0.5, 0.6) is 5.75 Å². The van der Waals surface area contributed by atoms with Gasteiger partial charge in [0.15, 0.2) is 0 Å². The number of methoxy groups -OCH3 is 1. The second-order valence-electron chi connectivity index (χ2n) is 10.8. The van der Waals surface area contributed by atoms with Crippen molar-refractivity contribution in [1.82, 2.24) is 14.7 Å². The van der Waals surface area contributed by atoms with E-state index in [2.05, 4.69) is 64.1 Å². The summed E-state index contributed by atoms with van der Waals surface area (Å²) in [7, 11) is 1.73. The maximum Gasteiger partial charge on any atom is 0.225 e. The zero-order valence-electron chi connectivity index (χ0n) is 22.1. The third-order valence-corrected chi connectivity index (χ3v) is 7.67. The zero-order valence-corrected chi connectivity index (χ0v) is 22.1. The zero-order chi connectivity index (χ0) is 24.8. The third kappa shape index (κ3) is 6.86. The molecule has 2 atom stereocenters. The fourth-order valence-corrected chi connectivity index (χ4v) is 5.80. The van der Waals surface area contributed by atoms with Crippen molar-refractivity contribution in [3.8, 4) is 5.75 Å². The van der Waals surface area contributed by atoms with Gasteiger partial charge in [-0.05, 0) is 62.0 Å². The summed E-state index contributed by atoms with van der Waals surface area (Å²) in [5.74, 6) is 1.99. The van der Waals surface area contributed by atoms with E-state index in [1.165, 1.54) is 42.6 Å². The van der Waals surface area contributed by atoms with Crippen molar-refractivity contribution in [2.45, 2.75) is 46.1 Å². The number of hydrogen-bond acceptors (Lipinski definition) is 4. The molecule has 0 aromatic heterocycles. The highest BCUT2D eigenvalue weighted by atomic mass is 16.5. The highest BCUT2D eigenvalue weighted by Crippen LogP contribution is 2.36. The van der Waals surface area contributed by atoms with Gasteiger partial charge in [0.1, 0.15) is 5.75 Å². The first-order chi connectivity index (χ1) is 16.9. The van der Waals surface area contributed by atoms with Crippen molar-refractivity contribution in [2.75, 3.05) is 52.9 Å². The Hall–Kier alpha value is -2.37. The van der Waals surface area contributed by atoms with Gasteiger partial charge in [0.2, 0.25) is 5.91 Å². The van der Waals surface area contributed by atoms with Crippen LogP contribution in [-0.2, 0) is 11.3 Å². The van der Waals surface area contributed by atoms with Crippen molar-refractivity contribution < 1.29 is 9.53 Å². The van der Waals surface area contributed by atoms with Crippen molar-refractivity contribution in [1.29, 1.82) is 0 Å². The smallest absolute Gasteiger partial charge is 0.225 e. The number of carbonyl (C=O) groups excluding carboxylic acids is 1. The van der Waals surface area contributed by atoms with Crippen LogP contribution in [0.1, 0.15) is 49.3 Å². The third-order valence-electron chi connectivity index (χ3n) is 7.67. The molecular weight excluding hydrogens is 434 g/mol. The first-order valence-corrected chi connectivity index (χ1v) is 13.4. The van der Waals surface area contributed by atoms with Crippen LogP contribution in [0.4, 0.5) is 0 Å². The van der Waals surface area contributed by atoms with Crippen molar-refractivity contribution in [3.63, 3.8) is 0 Å². The molecule has 0 unspecified atom stereocenters. The minimum atomic E-state index is 0.0219. The Labute approximate surface area is 212 Å². The van der Waals surface area contributed by atoms with Gasteiger partial charge in [0.05, 0.1) is 7.11 Å². The summed E-state index contributed by atoms with van der Waals surface area (Å²) >= 11 is 0. The SMILES string of the molecule is COc1cccc([C@@H]2CN(Cc3cccc(C)c3)C[C@@H]2CN(CCN2CCCC2)C(=O)C(C)C)c1. The maximum atomic E-state index is 13.3. The highest BCUT2D eigenvalue weighted by molar-refractivity contribution is 5.78. The van der Waals surface area contributed by atoms with Crippen LogP contribution in [0.2, 0.25) is 0 Å². The number of aryl methyl sites for hydroxylation is 1. The van der Waals surface area contributed by atoms with Crippen molar-refractivity contribution >= 4 is 5.91 Å². The molecule has 2 fully saturated rings. The molecule has 0 spiro atoms. The summed E-state index contributed by atoms with van der Waals surface area (Å²) in [6.45, 7) is 14.1. The number of rotatable bonds is 10. The van der Waals surface area contributed by atoms with Crippen LogP contribution in [0.25, 0.3) is 0 Å². The van der Waals surface area contributed by atoms with Crippen LogP contribution in [-0.4, -0.2) is 73.5 Å². The topological polar surface area (TPSA) is 36.0 Å². The number of nitrogens with zero attached hydrogens (tertiary/aromatic N) is 3. The first-order valence-electron chi connectivity index (χ1n) is 13.4. The first kappa shape index (κ1) is 25.7. The lowest BCUT2D eigenvalue weighted by Crippen LogP contribution is -2.43. The number of carbonyl (C=O) groups is 1. The molecular formula is C30H43N3O2. The molecule has 0 radical (unpaired) electrons. The Morgan fingerprint density at radius 2 is 1.83 bits per heavy atom. The van der Waals surface area contributed by atoms with Gasteiger partial charge < -0.3 is 14.5 Å². The molecule has 5 nitrogen and oxygen atoms in total. The van der Waals surface area contributed by atoms with Crippen LogP contribution in [0, 0.1) is 18.8 Å². The van der Waals surface area contributed by atoms with Gasteiger partial charge in [0.25, 0.3) is 0 Å². The molecule has 2 saturated heterocycles. The largest absolute Gasteiger partial charge is 0.497 e. The maximum absolute atomic E-state index is 13.3. The molecule has 2 aliphatic heterocycles. The Kier molecular flexibility index (Phi) is 8.85. The second kappa shape index (κ2) is 12.0. The monoisotopic (exact) mass is 477 g/mol. The van der Waals surface area contributed by atoms with E-state index in [1.54, 1.807) is 7.11 Å². The fourth-order valence-electron chi connectivity index (χ4n) is 5.80. The van der Waals surface area contributed by atoms with E-state index in [-0.39, 0.29) is 11.8 Å². The van der Waals surface area contributed by atoms with Gasteiger partial charge in [0, 0.05) is 51.1 Å².